The zero-order valence-electron chi connectivity index (χ0n) is 9.95. The lowest BCUT2D eigenvalue weighted by molar-refractivity contribution is 0.203. The molecule has 0 fully saturated rings. The van der Waals surface area contributed by atoms with Gasteiger partial charge >= 0.3 is 0 Å². The van der Waals surface area contributed by atoms with Gasteiger partial charge in [0, 0.05) is 12.6 Å². The Hall–Kier alpha value is -2.01. The third kappa shape index (κ3) is 3.26. The fourth-order valence-electron chi connectivity index (χ4n) is 1.65. The summed E-state index contributed by atoms with van der Waals surface area (Å²) >= 11 is 0. The van der Waals surface area contributed by atoms with Gasteiger partial charge < -0.3 is 10.5 Å². The average Bonchev–Trinajstić information content (AvgIpc) is 2.41. The molecule has 0 amide bonds. The highest BCUT2D eigenvalue weighted by atomic mass is 19.1. The van der Waals surface area contributed by atoms with Crippen LogP contribution in [0.25, 0.3) is 0 Å². The van der Waals surface area contributed by atoms with Crippen molar-refractivity contribution in [2.75, 3.05) is 6.54 Å². The maximum Gasteiger partial charge on any atom is 0.165 e. The molecule has 0 aliphatic carbocycles. The first-order valence-electron chi connectivity index (χ1n) is 5.67. The monoisotopic (exact) mass is 267 g/mol. The van der Waals surface area contributed by atoms with E-state index in [0.29, 0.717) is 5.56 Å². The minimum atomic E-state index is -0.679. The van der Waals surface area contributed by atoms with Gasteiger partial charge in [0.1, 0.15) is 17.7 Å². The number of nitrogens with two attached hydrogens (primary N) is 1. The van der Waals surface area contributed by atoms with Crippen LogP contribution in [0.5, 0.6) is 5.75 Å². The van der Waals surface area contributed by atoms with Crippen LogP contribution in [0.1, 0.15) is 11.7 Å². The first kappa shape index (κ1) is 13.4. The van der Waals surface area contributed by atoms with E-state index in [-0.39, 0.29) is 12.3 Å². The SMILES string of the molecule is NCC(Oc1cc(F)ccc1F)c1ccc(F)cc1. The summed E-state index contributed by atoms with van der Waals surface area (Å²) in [5.41, 5.74) is 6.13. The lowest BCUT2D eigenvalue weighted by atomic mass is 10.1. The van der Waals surface area contributed by atoms with Gasteiger partial charge in [0.15, 0.2) is 11.6 Å². The van der Waals surface area contributed by atoms with Crippen LogP contribution in [0, 0.1) is 17.5 Å². The van der Waals surface area contributed by atoms with Crippen LogP contribution < -0.4 is 10.5 Å². The van der Waals surface area contributed by atoms with Crippen LogP contribution >= 0.6 is 0 Å². The summed E-state index contributed by atoms with van der Waals surface area (Å²) in [6.45, 7) is 0.0571. The summed E-state index contributed by atoms with van der Waals surface area (Å²) in [7, 11) is 0. The Labute approximate surface area is 108 Å². The molecule has 19 heavy (non-hydrogen) atoms. The molecule has 0 heterocycles. The molecular formula is C14H12F3NO. The van der Waals surface area contributed by atoms with E-state index in [4.69, 9.17) is 10.5 Å². The van der Waals surface area contributed by atoms with Gasteiger partial charge in [-0.25, -0.2) is 13.2 Å². The van der Waals surface area contributed by atoms with E-state index >= 15 is 0 Å². The number of rotatable bonds is 4. The van der Waals surface area contributed by atoms with Crippen LogP contribution in [0.3, 0.4) is 0 Å². The second-order valence-electron chi connectivity index (χ2n) is 3.97. The number of benzene rings is 2. The van der Waals surface area contributed by atoms with Gasteiger partial charge in [-0.3, -0.25) is 0 Å². The Balaban J connectivity index is 2.23. The smallest absolute Gasteiger partial charge is 0.165 e. The molecule has 1 atom stereocenters. The molecule has 2 nitrogen and oxygen atoms in total. The van der Waals surface area contributed by atoms with Gasteiger partial charge in [-0.2, -0.15) is 0 Å². The minimum absolute atomic E-state index is 0.0571. The van der Waals surface area contributed by atoms with Crippen molar-refractivity contribution >= 4 is 0 Å². The molecular weight excluding hydrogens is 255 g/mol. The summed E-state index contributed by atoms with van der Waals surface area (Å²) < 4.78 is 44.6. The molecule has 100 valence electrons. The first-order chi connectivity index (χ1) is 9.10. The number of hydrogen-bond donors (Lipinski definition) is 1. The van der Waals surface area contributed by atoms with Gasteiger partial charge in [-0.05, 0) is 29.8 Å². The Morgan fingerprint density at radius 2 is 1.58 bits per heavy atom. The van der Waals surface area contributed by atoms with Crippen molar-refractivity contribution in [3.63, 3.8) is 0 Å². The average molecular weight is 267 g/mol. The van der Waals surface area contributed by atoms with E-state index in [1.165, 1.54) is 24.3 Å². The Kier molecular flexibility index (Phi) is 4.06. The van der Waals surface area contributed by atoms with Crippen LogP contribution in [-0.2, 0) is 0 Å². The quantitative estimate of drug-likeness (QED) is 0.923. The van der Waals surface area contributed by atoms with Crippen molar-refractivity contribution in [3.05, 3.63) is 65.5 Å². The molecule has 0 aromatic heterocycles. The number of halogens is 3. The molecule has 2 aromatic rings. The van der Waals surface area contributed by atoms with Gasteiger partial charge in [0.2, 0.25) is 0 Å². The second-order valence-corrected chi connectivity index (χ2v) is 3.97. The summed E-state index contributed by atoms with van der Waals surface area (Å²) in [6, 6.07) is 8.41. The van der Waals surface area contributed by atoms with E-state index < -0.39 is 23.6 Å². The molecule has 0 aliphatic rings. The summed E-state index contributed by atoms with van der Waals surface area (Å²) in [5, 5.41) is 0. The lowest BCUT2D eigenvalue weighted by Gasteiger charge is -2.18. The van der Waals surface area contributed by atoms with Crippen LogP contribution in [0.2, 0.25) is 0 Å². The van der Waals surface area contributed by atoms with Gasteiger partial charge in [-0.15, -0.1) is 0 Å². The van der Waals surface area contributed by atoms with E-state index in [1.54, 1.807) is 0 Å². The van der Waals surface area contributed by atoms with E-state index in [2.05, 4.69) is 0 Å². The standard InChI is InChI=1S/C14H12F3NO/c15-10-3-1-9(2-4-10)14(8-18)19-13-7-11(16)5-6-12(13)17/h1-7,14H,8,18H2. The van der Waals surface area contributed by atoms with E-state index in [1.807, 2.05) is 0 Å². The lowest BCUT2D eigenvalue weighted by Crippen LogP contribution is -2.19. The molecule has 0 saturated heterocycles. The summed E-state index contributed by atoms with van der Waals surface area (Å²) in [5.74, 6) is -1.90. The summed E-state index contributed by atoms with van der Waals surface area (Å²) in [6.07, 6.45) is -0.670. The van der Waals surface area contributed by atoms with E-state index in [9.17, 15) is 13.2 Å². The zero-order chi connectivity index (χ0) is 13.8. The molecule has 2 rings (SSSR count). The Morgan fingerprint density at radius 3 is 2.21 bits per heavy atom. The van der Waals surface area contributed by atoms with Crippen molar-refractivity contribution in [3.8, 4) is 5.75 Å². The van der Waals surface area contributed by atoms with Crippen molar-refractivity contribution < 1.29 is 17.9 Å². The van der Waals surface area contributed by atoms with Crippen molar-refractivity contribution in [2.45, 2.75) is 6.10 Å². The minimum Gasteiger partial charge on any atom is -0.481 e. The van der Waals surface area contributed by atoms with Gasteiger partial charge in [-0.1, -0.05) is 12.1 Å². The zero-order valence-corrected chi connectivity index (χ0v) is 9.95. The van der Waals surface area contributed by atoms with Crippen molar-refractivity contribution in [2.24, 2.45) is 5.73 Å². The highest BCUT2D eigenvalue weighted by Crippen LogP contribution is 2.25. The molecule has 0 saturated carbocycles. The predicted molar refractivity (Wildman–Crippen MR) is 65.2 cm³/mol. The Bertz CT molecular complexity index is 557. The van der Waals surface area contributed by atoms with Gasteiger partial charge in [0.25, 0.3) is 0 Å². The van der Waals surface area contributed by atoms with Crippen LogP contribution in [0.4, 0.5) is 13.2 Å². The highest BCUT2D eigenvalue weighted by Gasteiger charge is 2.14. The third-order valence-corrected chi connectivity index (χ3v) is 2.62. The molecule has 5 heteroatoms. The molecule has 0 bridgehead atoms. The third-order valence-electron chi connectivity index (χ3n) is 2.62. The number of hydrogen-bond acceptors (Lipinski definition) is 2. The second kappa shape index (κ2) is 5.75. The fourth-order valence-corrected chi connectivity index (χ4v) is 1.65. The Morgan fingerprint density at radius 1 is 0.947 bits per heavy atom. The van der Waals surface area contributed by atoms with Crippen LogP contribution in [-0.4, -0.2) is 6.54 Å². The largest absolute Gasteiger partial charge is 0.481 e. The molecule has 1 unspecified atom stereocenters. The summed E-state index contributed by atoms with van der Waals surface area (Å²) in [4.78, 5) is 0. The molecule has 0 aliphatic heterocycles. The van der Waals surface area contributed by atoms with Crippen molar-refractivity contribution in [1.29, 1.82) is 0 Å². The topological polar surface area (TPSA) is 35.2 Å². The number of ether oxygens (including phenoxy) is 1. The van der Waals surface area contributed by atoms with Crippen molar-refractivity contribution in [1.82, 2.24) is 0 Å². The molecule has 2 N–H and O–H groups in total. The maximum atomic E-state index is 13.5. The fraction of sp³-hybridized carbons (Fsp3) is 0.143. The first-order valence-corrected chi connectivity index (χ1v) is 5.67. The molecule has 0 radical (unpaired) electrons. The normalized spacial score (nSPS) is 12.2. The molecule has 2 aromatic carbocycles. The molecule has 0 spiro atoms. The predicted octanol–water partition coefficient (Wildman–Crippen LogP) is 3.18. The highest BCUT2D eigenvalue weighted by molar-refractivity contribution is 5.27. The van der Waals surface area contributed by atoms with Gasteiger partial charge in [0.05, 0.1) is 0 Å². The maximum absolute atomic E-state index is 13.5. The van der Waals surface area contributed by atoms with E-state index in [0.717, 1.165) is 18.2 Å². The van der Waals surface area contributed by atoms with Crippen LogP contribution in [0.15, 0.2) is 42.5 Å².